The van der Waals surface area contributed by atoms with E-state index in [0.29, 0.717) is 5.56 Å². The SMILES string of the molecule is CCC[C@H](C)OC(=O)c1ccccc1. The van der Waals surface area contributed by atoms with Crippen LogP contribution in [-0.2, 0) is 4.74 Å². The van der Waals surface area contributed by atoms with Crippen molar-refractivity contribution in [2.45, 2.75) is 32.8 Å². The summed E-state index contributed by atoms with van der Waals surface area (Å²) in [4.78, 5) is 11.5. The molecule has 14 heavy (non-hydrogen) atoms. The third-order valence-corrected chi connectivity index (χ3v) is 2.01. The van der Waals surface area contributed by atoms with E-state index in [1.807, 2.05) is 25.1 Å². The maximum absolute atomic E-state index is 11.5. The molecule has 1 aromatic carbocycles. The summed E-state index contributed by atoms with van der Waals surface area (Å²) in [6.45, 7) is 4.00. The zero-order valence-corrected chi connectivity index (χ0v) is 8.69. The average molecular weight is 192 g/mol. The minimum Gasteiger partial charge on any atom is -0.459 e. The number of esters is 1. The standard InChI is InChI=1S/C12H16O2/c1-3-7-10(2)14-12(13)11-8-5-4-6-9-11/h4-6,8-10H,3,7H2,1-2H3/t10-/m0/s1. The Bertz CT molecular complexity index is 280. The van der Waals surface area contributed by atoms with Gasteiger partial charge in [0.15, 0.2) is 0 Å². The Kier molecular flexibility index (Phi) is 4.17. The van der Waals surface area contributed by atoms with E-state index in [0.717, 1.165) is 12.8 Å². The van der Waals surface area contributed by atoms with E-state index >= 15 is 0 Å². The third kappa shape index (κ3) is 3.21. The van der Waals surface area contributed by atoms with E-state index in [4.69, 9.17) is 4.74 Å². The molecule has 0 N–H and O–H groups in total. The first kappa shape index (κ1) is 10.8. The monoisotopic (exact) mass is 192 g/mol. The van der Waals surface area contributed by atoms with E-state index in [1.54, 1.807) is 12.1 Å². The van der Waals surface area contributed by atoms with Gasteiger partial charge in [0.25, 0.3) is 0 Å². The van der Waals surface area contributed by atoms with Crippen LogP contribution in [0.25, 0.3) is 0 Å². The molecule has 0 aliphatic carbocycles. The molecule has 76 valence electrons. The van der Waals surface area contributed by atoms with Crippen molar-refractivity contribution in [3.63, 3.8) is 0 Å². The van der Waals surface area contributed by atoms with E-state index in [2.05, 4.69) is 6.92 Å². The highest BCUT2D eigenvalue weighted by Gasteiger charge is 2.09. The fourth-order valence-corrected chi connectivity index (χ4v) is 1.29. The lowest BCUT2D eigenvalue weighted by molar-refractivity contribution is 0.0323. The van der Waals surface area contributed by atoms with Crippen LogP contribution in [0, 0.1) is 0 Å². The first-order valence-electron chi connectivity index (χ1n) is 5.00. The highest BCUT2D eigenvalue weighted by atomic mass is 16.5. The molecule has 0 amide bonds. The lowest BCUT2D eigenvalue weighted by Gasteiger charge is -2.11. The molecule has 0 saturated heterocycles. The van der Waals surface area contributed by atoms with E-state index < -0.39 is 0 Å². The van der Waals surface area contributed by atoms with Crippen LogP contribution in [0.4, 0.5) is 0 Å². The van der Waals surface area contributed by atoms with E-state index in [-0.39, 0.29) is 12.1 Å². The second-order valence-electron chi connectivity index (χ2n) is 3.37. The molecule has 1 aromatic rings. The number of rotatable bonds is 4. The summed E-state index contributed by atoms with van der Waals surface area (Å²) in [5, 5.41) is 0. The molecule has 2 heteroatoms. The molecule has 0 unspecified atom stereocenters. The van der Waals surface area contributed by atoms with Gasteiger partial charge in [-0.25, -0.2) is 4.79 Å². The first-order valence-corrected chi connectivity index (χ1v) is 5.00. The fraction of sp³-hybridized carbons (Fsp3) is 0.417. The molecule has 0 radical (unpaired) electrons. The molecule has 0 aliphatic rings. The van der Waals surface area contributed by atoms with Crippen molar-refractivity contribution in [3.05, 3.63) is 35.9 Å². The van der Waals surface area contributed by atoms with Gasteiger partial charge in [-0.15, -0.1) is 0 Å². The molecule has 0 bridgehead atoms. The van der Waals surface area contributed by atoms with Gasteiger partial charge < -0.3 is 4.74 Å². The van der Waals surface area contributed by atoms with E-state index in [1.165, 1.54) is 0 Å². The maximum Gasteiger partial charge on any atom is 0.338 e. The van der Waals surface area contributed by atoms with Crippen LogP contribution in [-0.4, -0.2) is 12.1 Å². The van der Waals surface area contributed by atoms with Crippen molar-refractivity contribution in [2.24, 2.45) is 0 Å². The fourth-order valence-electron chi connectivity index (χ4n) is 1.29. The second-order valence-corrected chi connectivity index (χ2v) is 3.37. The molecular formula is C12H16O2. The van der Waals surface area contributed by atoms with Gasteiger partial charge in [0.2, 0.25) is 0 Å². The van der Waals surface area contributed by atoms with Crippen LogP contribution in [0.3, 0.4) is 0 Å². The van der Waals surface area contributed by atoms with Gasteiger partial charge in [0.1, 0.15) is 0 Å². The Morgan fingerprint density at radius 2 is 2.00 bits per heavy atom. The number of benzene rings is 1. The summed E-state index contributed by atoms with van der Waals surface area (Å²) >= 11 is 0. The topological polar surface area (TPSA) is 26.3 Å². The van der Waals surface area contributed by atoms with Crippen molar-refractivity contribution in [1.82, 2.24) is 0 Å². The summed E-state index contributed by atoms with van der Waals surface area (Å²) in [5.74, 6) is -0.230. The number of carbonyl (C=O) groups excluding carboxylic acids is 1. The molecule has 0 spiro atoms. The largest absolute Gasteiger partial charge is 0.459 e. The first-order chi connectivity index (χ1) is 6.74. The van der Waals surface area contributed by atoms with Gasteiger partial charge in [0, 0.05) is 0 Å². The van der Waals surface area contributed by atoms with Gasteiger partial charge in [0.05, 0.1) is 11.7 Å². The number of hydrogen-bond acceptors (Lipinski definition) is 2. The lowest BCUT2D eigenvalue weighted by atomic mass is 10.2. The lowest BCUT2D eigenvalue weighted by Crippen LogP contribution is -2.14. The predicted octanol–water partition coefficient (Wildman–Crippen LogP) is 3.03. The van der Waals surface area contributed by atoms with Crippen molar-refractivity contribution < 1.29 is 9.53 Å². The molecule has 1 atom stereocenters. The van der Waals surface area contributed by atoms with Gasteiger partial charge in [-0.3, -0.25) is 0 Å². The number of hydrogen-bond donors (Lipinski definition) is 0. The van der Waals surface area contributed by atoms with Crippen molar-refractivity contribution in [1.29, 1.82) is 0 Å². The Hall–Kier alpha value is -1.31. The molecule has 1 rings (SSSR count). The Labute approximate surface area is 84.9 Å². The van der Waals surface area contributed by atoms with Gasteiger partial charge in [-0.05, 0) is 25.5 Å². The normalized spacial score (nSPS) is 12.1. The Balaban J connectivity index is 2.51. The zero-order valence-electron chi connectivity index (χ0n) is 8.69. The quantitative estimate of drug-likeness (QED) is 0.685. The molecule has 0 aliphatic heterocycles. The van der Waals surface area contributed by atoms with Gasteiger partial charge in [-0.1, -0.05) is 31.5 Å². The van der Waals surface area contributed by atoms with Crippen molar-refractivity contribution in [3.8, 4) is 0 Å². The summed E-state index contributed by atoms with van der Waals surface area (Å²) in [5.41, 5.74) is 0.621. The van der Waals surface area contributed by atoms with Crippen LogP contribution in [0.15, 0.2) is 30.3 Å². The summed E-state index contributed by atoms with van der Waals surface area (Å²) in [7, 11) is 0. The average Bonchev–Trinajstić information content (AvgIpc) is 2.19. The Morgan fingerprint density at radius 3 is 2.57 bits per heavy atom. The minimum atomic E-state index is -0.230. The van der Waals surface area contributed by atoms with Gasteiger partial charge >= 0.3 is 5.97 Å². The molecule has 0 heterocycles. The van der Waals surface area contributed by atoms with Crippen LogP contribution in [0.5, 0.6) is 0 Å². The molecule has 2 nitrogen and oxygen atoms in total. The summed E-state index contributed by atoms with van der Waals surface area (Å²) < 4.78 is 5.24. The van der Waals surface area contributed by atoms with Crippen LogP contribution in [0.1, 0.15) is 37.0 Å². The highest BCUT2D eigenvalue weighted by Crippen LogP contribution is 2.06. The van der Waals surface area contributed by atoms with E-state index in [9.17, 15) is 4.79 Å². The molecular weight excluding hydrogens is 176 g/mol. The third-order valence-electron chi connectivity index (χ3n) is 2.01. The maximum atomic E-state index is 11.5. The molecule has 0 aromatic heterocycles. The molecule has 0 fully saturated rings. The van der Waals surface area contributed by atoms with Gasteiger partial charge in [-0.2, -0.15) is 0 Å². The summed E-state index contributed by atoms with van der Waals surface area (Å²) in [6.07, 6.45) is 1.95. The van der Waals surface area contributed by atoms with Crippen LogP contribution >= 0.6 is 0 Å². The highest BCUT2D eigenvalue weighted by molar-refractivity contribution is 5.89. The van der Waals surface area contributed by atoms with Crippen molar-refractivity contribution in [2.75, 3.05) is 0 Å². The number of ether oxygens (including phenoxy) is 1. The summed E-state index contributed by atoms with van der Waals surface area (Å²) in [6, 6.07) is 9.08. The molecule has 0 saturated carbocycles. The smallest absolute Gasteiger partial charge is 0.338 e. The minimum absolute atomic E-state index is 0.00714. The predicted molar refractivity (Wildman–Crippen MR) is 56.2 cm³/mol. The second kappa shape index (κ2) is 5.43. The number of carbonyl (C=O) groups is 1. The zero-order chi connectivity index (χ0) is 10.4. The van der Waals surface area contributed by atoms with Crippen LogP contribution in [0.2, 0.25) is 0 Å². The Morgan fingerprint density at radius 1 is 1.36 bits per heavy atom. The van der Waals surface area contributed by atoms with Crippen molar-refractivity contribution >= 4 is 5.97 Å². The van der Waals surface area contributed by atoms with Crippen LogP contribution < -0.4 is 0 Å².